The first kappa shape index (κ1) is 26.1. The van der Waals surface area contributed by atoms with E-state index in [-0.39, 0.29) is 23.2 Å². The van der Waals surface area contributed by atoms with E-state index < -0.39 is 16.2 Å². The third kappa shape index (κ3) is 7.77. The van der Waals surface area contributed by atoms with Gasteiger partial charge in [-0.25, -0.2) is 0 Å². The van der Waals surface area contributed by atoms with Crippen molar-refractivity contribution in [3.63, 3.8) is 0 Å². The molecule has 0 radical (unpaired) electrons. The Morgan fingerprint density at radius 2 is 1.35 bits per heavy atom. The molecule has 0 aliphatic rings. The molecule has 0 unspecified atom stereocenters. The molecule has 0 aliphatic heterocycles. The Bertz CT molecular complexity index is 1390. The standard InChI is InChI=1S/C30H29NO5S/c1-23-12-18-28(19-13-23)37(33,34)36-27-16-14-24(15-17-27)20-29(31-21-25-8-4-2-5-9-25)30(32)35-22-26-10-6-3-7-11-26/h2-19,29,31H,20-22H2,1H3/t29-/m0/s1. The second kappa shape index (κ2) is 12.3. The minimum absolute atomic E-state index is 0.0912. The lowest BCUT2D eigenvalue weighted by molar-refractivity contribution is -0.147. The SMILES string of the molecule is Cc1ccc(S(=O)(=O)Oc2ccc(C[C@H](NCc3ccccc3)C(=O)OCc3ccccc3)cc2)cc1. The summed E-state index contributed by atoms with van der Waals surface area (Å²) in [5, 5.41) is 3.30. The van der Waals surface area contributed by atoms with Crippen molar-refractivity contribution in [3.05, 3.63) is 131 Å². The van der Waals surface area contributed by atoms with Crippen molar-refractivity contribution in [3.8, 4) is 5.75 Å². The zero-order chi connectivity index (χ0) is 26.1. The van der Waals surface area contributed by atoms with Crippen molar-refractivity contribution in [1.82, 2.24) is 5.32 Å². The van der Waals surface area contributed by atoms with Gasteiger partial charge in [0.25, 0.3) is 0 Å². The van der Waals surface area contributed by atoms with Crippen LogP contribution in [0.25, 0.3) is 0 Å². The molecule has 1 atom stereocenters. The Morgan fingerprint density at radius 1 is 0.757 bits per heavy atom. The molecular formula is C30H29NO5S. The number of carbonyl (C=O) groups is 1. The topological polar surface area (TPSA) is 81.7 Å². The lowest BCUT2D eigenvalue weighted by Gasteiger charge is -2.18. The van der Waals surface area contributed by atoms with Crippen LogP contribution >= 0.6 is 0 Å². The Labute approximate surface area is 218 Å². The van der Waals surface area contributed by atoms with Crippen LogP contribution in [0.4, 0.5) is 0 Å². The summed E-state index contributed by atoms with van der Waals surface area (Å²) >= 11 is 0. The van der Waals surface area contributed by atoms with Crippen LogP contribution < -0.4 is 9.50 Å². The smallest absolute Gasteiger partial charge is 0.339 e. The predicted molar refractivity (Wildman–Crippen MR) is 142 cm³/mol. The average Bonchev–Trinajstić information content (AvgIpc) is 2.92. The van der Waals surface area contributed by atoms with Gasteiger partial charge in [-0.1, -0.05) is 90.5 Å². The number of esters is 1. The molecular weight excluding hydrogens is 486 g/mol. The van der Waals surface area contributed by atoms with Gasteiger partial charge in [0, 0.05) is 6.54 Å². The number of benzene rings is 4. The predicted octanol–water partition coefficient (Wildman–Crippen LogP) is 5.21. The third-order valence-electron chi connectivity index (χ3n) is 5.78. The van der Waals surface area contributed by atoms with Gasteiger partial charge in [-0.05, 0) is 54.3 Å². The van der Waals surface area contributed by atoms with Gasteiger partial charge in [0.05, 0.1) is 0 Å². The molecule has 4 aromatic rings. The molecule has 1 N–H and O–H groups in total. The Kier molecular flexibility index (Phi) is 8.72. The summed E-state index contributed by atoms with van der Waals surface area (Å²) in [7, 11) is -3.94. The number of carbonyl (C=O) groups excluding carboxylic acids is 1. The molecule has 4 aromatic carbocycles. The summed E-state index contributed by atoms with van der Waals surface area (Å²) in [5.41, 5.74) is 3.76. The Hall–Kier alpha value is -3.94. The molecule has 0 saturated heterocycles. The fraction of sp³-hybridized carbons (Fsp3) is 0.167. The van der Waals surface area contributed by atoms with Gasteiger partial charge in [0.1, 0.15) is 23.3 Å². The number of hydrogen-bond acceptors (Lipinski definition) is 6. The van der Waals surface area contributed by atoms with Gasteiger partial charge in [0.2, 0.25) is 0 Å². The van der Waals surface area contributed by atoms with Crippen molar-refractivity contribution in [1.29, 1.82) is 0 Å². The summed E-state index contributed by atoms with van der Waals surface area (Å²) < 4.78 is 36.0. The van der Waals surface area contributed by atoms with Crippen LogP contribution in [-0.2, 0) is 39.2 Å². The maximum Gasteiger partial charge on any atom is 0.339 e. The molecule has 7 heteroatoms. The lowest BCUT2D eigenvalue weighted by Crippen LogP contribution is -2.39. The number of ether oxygens (including phenoxy) is 1. The largest absolute Gasteiger partial charge is 0.460 e. The summed E-state index contributed by atoms with van der Waals surface area (Å²) in [5.74, 6) is -0.160. The zero-order valence-electron chi connectivity index (χ0n) is 20.5. The monoisotopic (exact) mass is 515 g/mol. The van der Waals surface area contributed by atoms with Gasteiger partial charge in [-0.2, -0.15) is 8.42 Å². The molecule has 0 aliphatic carbocycles. The van der Waals surface area contributed by atoms with Crippen molar-refractivity contribution < 1.29 is 22.1 Å². The highest BCUT2D eigenvalue weighted by atomic mass is 32.2. The quantitative estimate of drug-likeness (QED) is 0.218. The molecule has 0 spiro atoms. The van der Waals surface area contributed by atoms with Crippen LogP contribution in [0, 0.1) is 6.92 Å². The summed E-state index contributed by atoms with van der Waals surface area (Å²) in [4.78, 5) is 13.1. The first-order chi connectivity index (χ1) is 17.9. The molecule has 0 heterocycles. The van der Waals surface area contributed by atoms with E-state index in [0.29, 0.717) is 13.0 Å². The third-order valence-corrected chi connectivity index (χ3v) is 7.04. The summed E-state index contributed by atoms with van der Waals surface area (Å²) in [6.07, 6.45) is 0.367. The Morgan fingerprint density at radius 3 is 1.97 bits per heavy atom. The molecule has 190 valence electrons. The number of rotatable bonds is 11. The van der Waals surface area contributed by atoms with E-state index in [4.69, 9.17) is 8.92 Å². The highest BCUT2D eigenvalue weighted by molar-refractivity contribution is 7.87. The molecule has 0 saturated carbocycles. The first-order valence-electron chi connectivity index (χ1n) is 12.0. The van der Waals surface area contributed by atoms with Crippen LogP contribution in [0.15, 0.2) is 114 Å². The number of nitrogens with one attached hydrogen (secondary N) is 1. The van der Waals surface area contributed by atoms with E-state index >= 15 is 0 Å². The van der Waals surface area contributed by atoms with E-state index in [1.165, 1.54) is 12.1 Å². The van der Waals surface area contributed by atoms with Crippen molar-refractivity contribution in [2.24, 2.45) is 0 Å². The number of aryl methyl sites for hydroxylation is 1. The fourth-order valence-electron chi connectivity index (χ4n) is 3.70. The van der Waals surface area contributed by atoms with Crippen LogP contribution in [0.1, 0.15) is 22.3 Å². The Balaban J connectivity index is 1.43. The van der Waals surface area contributed by atoms with E-state index in [9.17, 15) is 13.2 Å². The molecule has 0 amide bonds. The maximum atomic E-state index is 13.0. The van der Waals surface area contributed by atoms with Gasteiger partial charge in [0.15, 0.2) is 0 Å². The van der Waals surface area contributed by atoms with E-state index in [1.807, 2.05) is 67.6 Å². The van der Waals surface area contributed by atoms with Crippen LogP contribution in [-0.4, -0.2) is 20.4 Å². The minimum Gasteiger partial charge on any atom is -0.460 e. The summed E-state index contributed by atoms with van der Waals surface area (Å²) in [6, 6.07) is 31.9. The molecule has 0 aromatic heterocycles. The van der Waals surface area contributed by atoms with E-state index in [1.54, 1.807) is 36.4 Å². The van der Waals surface area contributed by atoms with Gasteiger partial charge in [-0.3, -0.25) is 4.79 Å². The second-order valence-corrected chi connectivity index (χ2v) is 10.3. The fourth-order valence-corrected chi connectivity index (χ4v) is 4.63. The number of hydrogen-bond donors (Lipinski definition) is 1. The molecule has 6 nitrogen and oxygen atoms in total. The van der Waals surface area contributed by atoms with Crippen LogP contribution in [0.5, 0.6) is 5.75 Å². The zero-order valence-corrected chi connectivity index (χ0v) is 21.4. The van der Waals surface area contributed by atoms with Gasteiger partial charge in [-0.15, -0.1) is 0 Å². The highest BCUT2D eigenvalue weighted by Gasteiger charge is 2.21. The lowest BCUT2D eigenvalue weighted by atomic mass is 10.1. The normalized spacial score (nSPS) is 12.0. The van der Waals surface area contributed by atoms with Crippen LogP contribution in [0.3, 0.4) is 0 Å². The summed E-state index contributed by atoms with van der Waals surface area (Å²) in [6.45, 7) is 2.57. The molecule has 4 rings (SSSR count). The van der Waals surface area contributed by atoms with Crippen molar-refractivity contribution in [2.75, 3.05) is 0 Å². The second-order valence-electron chi connectivity index (χ2n) is 8.71. The molecule has 37 heavy (non-hydrogen) atoms. The highest BCUT2D eigenvalue weighted by Crippen LogP contribution is 2.20. The van der Waals surface area contributed by atoms with Crippen LogP contribution in [0.2, 0.25) is 0 Å². The van der Waals surface area contributed by atoms with E-state index in [2.05, 4.69) is 5.32 Å². The van der Waals surface area contributed by atoms with Gasteiger partial charge >= 0.3 is 16.1 Å². The first-order valence-corrected chi connectivity index (χ1v) is 13.4. The molecule has 0 fully saturated rings. The van der Waals surface area contributed by atoms with E-state index in [0.717, 1.165) is 22.3 Å². The van der Waals surface area contributed by atoms with Crippen molar-refractivity contribution >= 4 is 16.1 Å². The van der Waals surface area contributed by atoms with Gasteiger partial charge < -0.3 is 14.2 Å². The molecule has 0 bridgehead atoms. The minimum atomic E-state index is -3.94. The average molecular weight is 516 g/mol. The maximum absolute atomic E-state index is 13.0. The van der Waals surface area contributed by atoms with Crippen molar-refractivity contribution in [2.45, 2.75) is 37.4 Å².